The van der Waals surface area contributed by atoms with Gasteiger partial charge in [-0.25, -0.2) is 4.79 Å². The van der Waals surface area contributed by atoms with Gasteiger partial charge in [0.2, 0.25) is 0 Å². The SMILES string of the molecule is COC(=O)c1cc(CN(C)[C@@H]2[C@@H]3CCO[C@@H]3C2(C)C)c[nH]1. The Hall–Kier alpha value is -1.33. The fourth-order valence-corrected chi connectivity index (χ4v) is 4.34. The van der Waals surface area contributed by atoms with Crippen molar-refractivity contribution in [2.45, 2.75) is 39.0 Å². The van der Waals surface area contributed by atoms with Gasteiger partial charge in [-0.2, -0.15) is 0 Å². The molecular formula is C16H24N2O3. The third-order valence-electron chi connectivity index (χ3n) is 5.09. The number of carbonyl (C=O) groups excluding carboxylic acids is 1. The van der Waals surface area contributed by atoms with Crippen LogP contribution in [-0.4, -0.2) is 48.8 Å². The van der Waals surface area contributed by atoms with Crippen molar-refractivity contribution in [3.63, 3.8) is 0 Å². The Morgan fingerprint density at radius 3 is 3.05 bits per heavy atom. The number of aromatic nitrogens is 1. The lowest BCUT2D eigenvalue weighted by molar-refractivity contribution is -0.151. The highest BCUT2D eigenvalue weighted by molar-refractivity contribution is 5.87. The van der Waals surface area contributed by atoms with E-state index >= 15 is 0 Å². The number of esters is 1. The zero-order valence-corrected chi connectivity index (χ0v) is 13.2. The third-order valence-corrected chi connectivity index (χ3v) is 5.09. The van der Waals surface area contributed by atoms with Crippen molar-refractivity contribution in [3.05, 3.63) is 23.5 Å². The number of fused-ring (bicyclic) bond motifs is 1. The van der Waals surface area contributed by atoms with Gasteiger partial charge in [-0.05, 0) is 25.1 Å². The molecule has 0 aromatic carbocycles. The molecule has 0 radical (unpaired) electrons. The molecule has 2 fully saturated rings. The molecule has 5 nitrogen and oxygen atoms in total. The number of hydrogen-bond donors (Lipinski definition) is 1. The number of nitrogens with zero attached hydrogens (tertiary/aromatic N) is 1. The zero-order valence-electron chi connectivity index (χ0n) is 13.2. The van der Waals surface area contributed by atoms with E-state index in [0.717, 1.165) is 25.1 Å². The summed E-state index contributed by atoms with van der Waals surface area (Å²) in [5, 5.41) is 0. The first-order valence-electron chi connectivity index (χ1n) is 7.52. The van der Waals surface area contributed by atoms with E-state index in [4.69, 9.17) is 9.47 Å². The van der Waals surface area contributed by atoms with Gasteiger partial charge in [0.25, 0.3) is 0 Å². The standard InChI is InChI=1S/C16H24N2O3/c1-16(2)13(11-5-6-21-14(11)16)18(3)9-10-7-12(17-8-10)15(19)20-4/h7-8,11,13-14,17H,5-6,9H2,1-4H3/t11-,13+,14-/m0/s1. The van der Waals surface area contributed by atoms with E-state index in [1.54, 1.807) is 0 Å². The minimum atomic E-state index is -0.322. The molecule has 1 aromatic heterocycles. The van der Waals surface area contributed by atoms with E-state index < -0.39 is 0 Å². The van der Waals surface area contributed by atoms with E-state index in [-0.39, 0.29) is 11.4 Å². The Labute approximate surface area is 125 Å². The predicted octanol–water partition coefficient (Wildman–Crippen LogP) is 2.05. The van der Waals surface area contributed by atoms with Gasteiger partial charge in [0.15, 0.2) is 0 Å². The fourth-order valence-electron chi connectivity index (χ4n) is 4.34. The summed E-state index contributed by atoms with van der Waals surface area (Å²) in [5.41, 5.74) is 1.81. The van der Waals surface area contributed by atoms with Crippen molar-refractivity contribution in [2.75, 3.05) is 20.8 Å². The largest absolute Gasteiger partial charge is 0.464 e. The molecular weight excluding hydrogens is 268 g/mol. The van der Waals surface area contributed by atoms with Gasteiger partial charge in [-0.3, -0.25) is 4.90 Å². The Kier molecular flexibility index (Phi) is 3.58. The lowest BCUT2D eigenvalue weighted by atomic mass is 9.57. The molecule has 0 unspecified atom stereocenters. The Bertz CT molecular complexity index is 537. The van der Waals surface area contributed by atoms with E-state index in [2.05, 4.69) is 30.8 Å². The van der Waals surface area contributed by atoms with E-state index in [1.165, 1.54) is 7.11 Å². The number of rotatable bonds is 4. The van der Waals surface area contributed by atoms with Gasteiger partial charge in [-0.1, -0.05) is 13.8 Å². The summed E-state index contributed by atoms with van der Waals surface area (Å²) < 4.78 is 10.6. The summed E-state index contributed by atoms with van der Waals surface area (Å²) >= 11 is 0. The first kappa shape index (κ1) is 14.6. The van der Waals surface area contributed by atoms with Gasteiger partial charge in [-0.15, -0.1) is 0 Å². The summed E-state index contributed by atoms with van der Waals surface area (Å²) in [7, 11) is 3.55. The van der Waals surface area contributed by atoms with Crippen LogP contribution in [0.5, 0.6) is 0 Å². The maximum atomic E-state index is 11.5. The average Bonchev–Trinajstić information content (AvgIpc) is 3.05. The number of hydrogen-bond acceptors (Lipinski definition) is 4. The number of ether oxygens (including phenoxy) is 2. The summed E-state index contributed by atoms with van der Waals surface area (Å²) in [6, 6.07) is 2.40. The first-order valence-corrected chi connectivity index (χ1v) is 7.52. The second-order valence-electron chi connectivity index (χ2n) is 6.84. The van der Waals surface area contributed by atoms with Crippen LogP contribution >= 0.6 is 0 Å². The molecule has 3 atom stereocenters. The second kappa shape index (κ2) is 5.14. The van der Waals surface area contributed by atoms with Crippen LogP contribution in [0.1, 0.15) is 36.3 Å². The van der Waals surface area contributed by atoms with E-state index in [1.807, 2.05) is 12.3 Å². The van der Waals surface area contributed by atoms with Gasteiger partial charge >= 0.3 is 5.97 Å². The molecule has 116 valence electrons. The van der Waals surface area contributed by atoms with Gasteiger partial charge in [0.05, 0.1) is 13.2 Å². The summed E-state index contributed by atoms with van der Waals surface area (Å²) in [4.78, 5) is 16.8. The molecule has 5 heteroatoms. The molecule has 1 aliphatic carbocycles. The highest BCUT2D eigenvalue weighted by Gasteiger charge is 2.60. The monoisotopic (exact) mass is 292 g/mol. The molecule has 0 amide bonds. The Balaban J connectivity index is 1.68. The molecule has 1 N–H and O–H groups in total. The minimum Gasteiger partial charge on any atom is -0.464 e. The van der Waals surface area contributed by atoms with Crippen molar-refractivity contribution >= 4 is 5.97 Å². The van der Waals surface area contributed by atoms with Gasteiger partial charge < -0.3 is 14.5 Å². The summed E-state index contributed by atoms with van der Waals surface area (Å²) in [5.74, 6) is 0.321. The summed E-state index contributed by atoms with van der Waals surface area (Å²) in [6.07, 6.45) is 3.45. The Morgan fingerprint density at radius 2 is 2.33 bits per heavy atom. The molecule has 1 aliphatic heterocycles. The predicted molar refractivity (Wildman–Crippen MR) is 79.0 cm³/mol. The quantitative estimate of drug-likeness (QED) is 0.863. The molecule has 0 spiro atoms. The number of H-pyrrole nitrogens is 1. The fraction of sp³-hybridized carbons (Fsp3) is 0.688. The average molecular weight is 292 g/mol. The molecule has 2 aliphatic rings. The second-order valence-corrected chi connectivity index (χ2v) is 6.84. The lowest BCUT2D eigenvalue weighted by Crippen LogP contribution is -2.65. The van der Waals surface area contributed by atoms with Crippen LogP contribution in [0, 0.1) is 11.3 Å². The summed E-state index contributed by atoms with van der Waals surface area (Å²) in [6.45, 7) is 6.29. The van der Waals surface area contributed by atoms with Crippen LogP contribution in [0.15, 0.2) is 12.3 Å². The molecule has 1 saturated carbocycles. The van der Waals surface area contributed by atoms with E-state index in [0.29, 0.717) is 23.8 Å². The van der Waals surface area contributed by atoms with Crippen molar-refractivity contribution in [1.29, 1.82) is 0 Å². The number of aromatic amines is 1. The topological polar surface area (TPSA) is 54.6 Å². The first-order chi connectivity index (χ1) is 9.95. The number of methoxy groups -OCH3 is 1. The minimum absolute atomic E-state index is 0.192. The molecule has 1 aromatic rings. The van der Waals surface area contributed by atoms with Crippen LogP contribution < -0.4 is 0 Å². The van der Waals surface area contributed by atoms with Crippen molar-refractivity contribution < 1.29 is 14.3 Å². The zero-order chi connectivity index (χ0) is 15.2. The smallest absolute Gasteiger partial charge is 0.354 e. The highest BCUT2D eigenvalue weighted by atomic mass is 16.5. The van der Waals surface area contributed by atoms with Crippen molar-refractivity contribution in [2.24, 2.45) is 11.3 Å². The normalized spacial score (nSPS) is 30.0. The molecule has 2 heterocycles. The maximum Gasteiger partial charge on any atom is 0.354 e. The van der Waals surface area contributed by atoms with Crippen LogP contribution in [-0.2, 0) is 16.0 Å². The van der Waals surface area contributed by atoms with E-state index in [9.17, 15) is 4.79 Å². The molecule has 0 bridgehead atoms. The van der Waals surface area contributed by atoms with Crippen LogP contribution in [0.25, 0.3) is 0 Å². The third kappa shape index (κ3) is 2.28. The van der Waals surface area contributed by atoms with Crippen LogP contribution in [0.3, 0.4) is 0 Å². The molecule has 1 saturated heterocycles. The van der Waals surface area contributed by atoms with Crippen LogP contribution in [0.2, 0.25) is 0 Å². The highest BCUT2D eigenvalue weighted by Crippen LogP contribution is 2.54. The molecule has 21 heavy (non-hydrogen) atoms. The van der Waals surface area contributed by atoms with Crippen molar-refractivity contribution in [3.8, 4) is 0 Å². The van der Waals surface area contributed by atoms with Gasteiger partial charge in [0.1, 0.15) is 5.69 Å². The lowest BCUT2D eigenvalue weighted by Gasteiger charge is -2.58. The maximum absolute atomic E-state index is 11.5. The number of nitrogens with one attached hydrogen (secondary N) is 1. The van der Waals surface area contributed by atoms with Gasteiger partial charge in [0, 0.05) is 36.7 Å². The Morgan fingerprint density at radius 1 is 1.57 bits per heavy atom. The van der Waals surface area contributed by atoms with Crippen molar-refractivity contribution in [1.82, 2.24) is 9.88 Å². The number of carbonyl (C=O) groups is 1. The molecule has 3 rings (SSSR count). The van der Waals surface area contributed by atoms with Crippen LogP contribution in [0.4, 0.5) is 0 Å².